The highest BCUT2D eigenvalue weighted by atomic mass is 16.3. The number of rotatable bonds is 4. The van der Waals surface area contributed by atoms with Crippen molar-refractivity contribution >= 4 is 27.6 Å². The molecule has 0 spiro atoms. The first kappa shape index (κ1) is 23.5. The van der Waals surface area contributed by atoms with E-state index < -0.39 is 0 Å². The monoisotopic (exact) mass is 485 g/mol. The smallest absolute Gasteiger partial charge is 0.216 e. The molecule has 1 saturated carbocycles. The summed E-state index contributed by atoms with van der Waals surface area (Å²) in [7, 11) is 2.15. The van der Waals surface area contributed by atoms with Gasteiger partial charge in [-0.15, -0.1) is 0 Å². The second-order valence-electron chi connectivity index (χ2n) is 10.7. The molecule has 5 aromatic rings. The van der Waals surface area contributed by atoms with Crippen molar-refractivity contribution in [2.45, 2.75) is 52.4 Å². The summed E-state index contributed by atoms with van der Waals surface area (Å²) < 4.78 is 9.05. The van der Waals surface area contributed by atoms with Crippen LogP contribution in [-0.4, -0.2) is 0 Å². The molecular formula is C34H33N2O+. The molecule has 0 unspecified atom stereocenters. The van der Waals surface area contributed by atoms with Gasteiger partial charge in [0, 0.05) is 28.0 Å². The van der Waals surface area contributed by atoms with Gasteiger partial charge in [-0.25, -0.2) is 9.41 Å². The van der Waals surface area contributed by atoms with Crippen molar-refractivity contribution in [3.05, 3.63) is 95.0 Å². The van der Waals surface area contributed by atoms with E-state index in [9.17, 15) is 0 Å². The van der Waals surface area contributed by atoms with E-state index in [1.165, 1.54) is 55.2 Å². The van der Waals surface area contributed by atoms with Crippen LogP contribution in [0.3, 0.4) is 0 Å². The van der Waals surface area contributed by atoms with Crippen LogP contribution in [0, 0.1) is 26.3 Å². The highest BCUT2D eigenvalue weighted by molar-refractivity contribution is 6.16. The second-order valence-corrected chi connectivity index (χ2v) is 10.7. The Morgan fingerprint density at radius 2 is 1.68 bits per heavy atom. The first-order valence-electron chi connectivity index (χ1n) is 13.5. The lowest BCUT2D eigenvalue weighted by atomic mass is 9.85. The summed E-state index contributed by atoms with van der Waals surface area (Å²) in [5, 5.41) is 2.20. The molecule has 6 rings (SSSR count). The van der Waals surface area contributed by atoms with Crippen molar-refractivity contribution in [2.75, 3.05) is 0 Å². The molecule has 1 fully saturated rings. The van der Waals surface area contributed by atoms with Crippen molar-refractivity contribution in [3.63, 3.8) is 0 Å². The van der Waals surface area contributed by atoms with E-state index >= 15 is 0 Å². The highest BCUT2D eigenvalue weighted by Gasteiger charge is 2.25. The Morgan fingerprint density at radius 3 is 2.41 bits per heavy atom. The molecule has 0 radical (unpaired) electrons. The lowest BCUT2D eigenvalue weighted by Crippen LogP contribution is -2.31. The van der Waals surface area contributed by atoms with Gasteiger partial charge >= 0.3 is 0 Å². The van der Waals surface area contributed by atoms with Crippen molar-refractivity contribution < 1.29 is 8.98 Å². The summed E-state index contributed by atoms with van der Waals surface area (Å²) in [6.07, 6.45) is 10.3. The van der Waals surface area contributed by atoms with Crippen LogP contribution < -0.4 is 4.57 Å². The average molecular weight is 486 g/mol. The zero-order chi connectivity index (χ0) is 25.5. The third kappa shape index (κ3) is 4.11. The van der Waals surface area contributed by atoms with E-state index in [1.807, 2.05) is 24.3 Å². The van der Waals surface area contributed by atoms with Crippen LogP contribution in [-0.2, 0) is 13.5 Å². The Balaban J connectivity index is 1.55. The highest BCUT2D eigenvalue weighted by Crippen LogP contribution is 2.45. The minimum Gasteiger partial charge on any atom is -0.456 e. The zero-order valence-electron chi connectivity index (χ0n) is 22.0. The van der Waals surface area contributed by atoms with E-state index in [0.29, 0.717) is 5.69 Å². The number of hydrogen-bond acceptors (Lipinski definition) is 1. The number of aryl methyl sites for hydroxylation is 3. The van der Waals surface area contributed by atoms with Crippen molar-refractivity contribution in [1.29, 1.82) is 0 Å². The summed E-state index contributed by atoms with van der Waals surface area (Å²) in [5.74, 6) is 0.816. The molecule has 0 atom stereocenters. The van der Waals surface area contributed by atoms with Crippen LogP contribution in [0.1, 0.15) is 48.8 Å². The summed E-state index contributed by atoms with van der Waals surface area (Å²) in [4.78, 5) is 3.85. The minimum atomic E-state index is 0.617. The fourth-order valence-corrected chi connectivity index (χ4v) is 6.43. The van der Waals surface area contributed by atoms with Crippen molar-refractivity contribution in [3.8, 4) is 22.4 Å². The fraction of sp³-hybridized carbons (Fsp3) is 0.294. The van der Waals surface area contributed by atoms with Crippen LogP contribution >= 0.6 is 0 Å². The summed E-state index contributed by atoms with van der Waals surface area (Å²) >= 11 is 0. The molecule has 3 heteroatoms. The Bertz CT molecular complexity index is 1660. The molecular weight excluding hydrogens is 452 g/mol. The van der Waals surface area contributed by atoms with E-state index in [0.717, 1.165) is 50.2 Å². The standard InChI is InChI=1S/C34H33N2O/c1-22-19-23(2)31(29-18-15-25(21-36(29)4)20-24-11-7-5-8-12-24)34-30(22)27-16-17-28(35-3)32(33(27)37-34)26-13-9-6-10-14-26/h6,9-10,13-19,21,24H,5,7-8,11-12,20H2,1-2,4H3/q+1. The van der Waals surface area contributed by atoms with Gasteiger partial charge in [-0.05, 0) is 48.9 Å². The number of fused-ring (bicyclic) bond motifs is 3. The first-order valence-corrected chi connectivity index (χ1v) is 13.5. The van der Waals surface area contributed by atoms with Crippen molar-refractivity contribution in [1.82, 2.24) is 0 Å². The lowest BCUT2D eigenvalue weighted by molar-refractivity contribution is -0.660. The molecule has 1 aliphatic carbocycles. The Kier molecular flexibility index (Phi) is 6.05. The molecule has 0 N–H and O–H groups in total. The zero-order valence-corrected chi connectivity index (χ0v) is 22.0. The van der Waals surface area contributed by atoms with Crippen LogP contribution in [0.15, 0.2) is 71.3 Å². The number of pyridine rings is 1. The van der Waals surface area contributed by atoms with Crippen LogP contribution in [0.2, 0.25) is 0 Å². The van der Waals surface area contributed by atoms with Gasteiger partial charge in [0.15, 0.2) is 11.9 Å². The molecule has 3 aromatic carbocycles. The number of aromatic nitrogens is 1. The van der Waals surface area contributed by atoms with Gasteiger partial charge in [0.05, 0.1) is 12.1 Å². The summed E-state index contributed by atoms with van der Waals surface area (Å²) in [6.45, 7) is 12.2. The van der Waals surface area contributed by atoms with E-state index in [4.69, 9.17) is 11.0 Å². The molecule has 184 valence electrons. The SMILES string of the molecule is [C-]#[N+]c1ccc2c(oc3c(-c4ccc(CC5CCCCC5)c[n+]4C)c(C)cc(C)c32)c1-c1ccccc1. The Hall–Kier alpha value is -3.90. The molecule has 0 amide bonds. The largest absolute Gasteiger partial charge is 0.456 e. The molecule has 3 nitrogen and oxygen atoms in total. The molecule has 1 aliphatic rings. The predicted octanol–water partition coefficient (Wildman–Crippen LogP) is 9.03. The quantitative estimate of drug-likeness (QED) is 0.184. The van der Waals surface area contributed by atoms with Gasteiger partial charge in [-0.1, -0.05) is 80.6 Å². The molecule has 0 bridgehead atoms. The number of hydrogen-bond donors (Lipinski definition) is 0. The molecule has 0 saturated heterocycles. The predicted molar refractivity (Wildman–Crippen MR) is 152 cm³/mol. The van der Waals surface area contributed by atoms with Gasteiger partial charge in [-0.2, -0.15) is 0 Å². The molecule has 37 heavy (non-hydrogen) atoms. The van der Waals surface area contributed by atoms with Crippen LogP contribution in [0.5, 0.6) is 0 Å². The fourth-order valence-electron chi connectivity index (χ4n) is 6.43. The third-order valence-electron chi connectivity index (χ3n) is 8.17. The van der Waals surface area contributed by atoms with Gasteiger partial charge in [0.1, 0.15) is 18.2 Å². The maximum atomic E-state index is 7.82. The summed E-state index contributed by atoms with van der Waals surface area (Å²) in [6, 6.07) is 21.0. The first-order chi connectivity index (χ1) is 18.0. The van der Waals surface area contributed by atoms with E-state index in [2.05, 4.69) is 72.9 Å². The topological polar surface area (TPSA) is 21.4 Å². The van der Waals surface area contributed by atoms with E-state index in [1.54, 1.807) is 0 Å². The number of nitrogens with zero attached hydrogens (tertiary/aromatic N) is 2. The maximum absolute atomic E-state index is 7.82. The van der Waals surface area contributed by atoms with Crippen molar-refractivity contribution in [2.24, 2.45) is 13.0 Å². The average Bonchev–Trinajstić information content (AvgIpc) is 3.30. The van der Waals surface area contributed by atoms with Gasteiger partial charge in [0.25, 0.3) is 0 Å². The molecule has 2 heterocycles. The number of benzene rings is 3. The lowest BCUT2D eigenvalue weighted by Gasteiger charge is -2.21. The number of furan rings is 1. The third-order valence-corrected chi connectivity index (χ3v) is 8.17. The van der Waals surface area contributed by atoms with E-state index in [-0.39, 0.29) is 0 Å². The van der Waals surface area contributed by atoms with Gasteiger partial charge in [0.2, 0.25) is 5.69 Å². The van der Waals surface area contributed by atoms with Gasteiger partial charge < -0.3 is 4.42 Å². The van der Waals surface area contributed by atoms with Crippen LogP contribution in [0.4, 0.5) is 5.69 Å². The molecule has 2 aromatic heterocycles. The second kappa shape index (κ2) is 9.52. The minimum absolute atomic E-state index is 0.617. The van der Waals surface area contributed by atoms with Gasteiger partial charge in [-0.3, -0.25) is 0 Å². The Labute approximate surface area is 219 Å². The normalized spacial score (nSPS) is 14.3. The molecule has 0 aliphatic heterocycles. The summed E-state index contributed by atoms with van der Waals surface area (Å²) in [5.41, 5.74) is 10.3. The maximum Gasteiger partial charge on any atom is 0.216 e. The van der Waals surface area contributed by atoms with Crippen LogP contribution in [0.25, 0.3) is 49.2 Å². The Morgan fingerprint density at radius 1 is 0.892 bits per heavy atom.